The van der Waals surface area contributed by atoms with Crippen LogP contribution in [0, 0.1) is 0 Å². The highest BCUT2D eigenvalue weighted by molar-refractivity contribution is 6.74. The first-order valence-electron chi connectivity index (χ1n) is 7.58. The van der Waals surface area contributed by atoms with Gasteiger partial charge in [-0.25, -0.2) is 0 Å². The molecule has 0 radical (unpaired) electrons. The van der Waals surface area contributed by atoms with Crippen LogP contribution in [0.3, 0.4) is 0 Å². The van der Waals surface area contributed by atoms with E-state index >= 15 is 0 Å². The van der Waals surface area contributed by atoms with E-state index < -0.39 is 8.32 Å². The highest BCUT2D eigenvalue weighted by atomic mass is 28.4. The third-order valence-corrected chi connectivity index (χ3v) is 8.93. The molecule has 0 aromatic heterocycles. The van der Waals surface area contributed by atoms with Crippen LogP contribution in [0.5, 0.6) is 0 Å². The van der Waals surface area contributed by atoms with Crippen LogP contribution in [0.25, 0.3) is 0 Å². The van der Waals surface area contributed by atoms with E-state index in [4.69, 9.17) is 18.6 Å². The van der Waals surface area contributed by atoms with Crippen molar-refractivity contribution in [2.45, 2.75) is 64.5 Å². The first kappa shape index (κ1) is 18.8. The number of hydrogen-bond acceptors (Lipinski definition) is 4. The Bertz CT molecular complexity index is 373. The standard InChI is InChI=1S/C16H32O4Si/c1-13-9-16(5,20-14(13)10-18-12-17-6)11-19-21(7,8)15(2,3)4/h9,14H,10-12H2,1-8H3/t14-,16-/m1/s1. The van der Waals surface area contributed by atoms with Crippen LogP contribution in [0.4, 0.5) is 0 Å². The van der Waals surface area contributed by atoms with Crippen molar-refractivity contribution in [1.82, 2.24) is 0 Å². The Morgan fingerprint density at radius 3 is 2.48 bits per heavy atom. The Morgan fingerprint density at radius 1 is 1.33 bits per heavy atom. The van der Waals surface area contributed by atoms with E-state index in [9.17, 15) is 0 Å². The Hall–Kier alpha value is -0.203. The van der Waals surface area contributed by atoms with Gasteiger partial charge in [-0.05, 0) is 43.6 Å². The van der Waals surface area contributed by atoms with Gasteiger partial charge in [0.15, 0.2) is 8.32 Å². The van der Waals surface area contributed by atoms with Crippen LogP contribution >= 0.6 is 0 Å². The van der Waals surface area contributed by atoms with Crippen LogP contribution in [0.2, 0.25) is 18.1 Å². The van der Waals surface area contributed by atoms with Gasteiger partial charge in [-0.15, -0.1) is 0 Å². The van der Waals surface area contributed by atoms with Crippen LogP contribution in [-0.2, 0) is 18.6 Å². The summed E-state index contributed by atoms with van der Waals surface area (Å²) in [7, 11) is -0.135. The van der Waals surface area contributed by atoms with Crippen molar-refractivity contribution in [2.24, 2.45) is 0 Å². The van der Waals surface area contributed by atoms with Crippen LogP contribution in [0.15, 0.2) is 11.6 Å². The molecule has 0 unspecified atom stereocenters. The fraction of sp³-hybridized carbons (Fsp3) is 0.875. The lowest BCUT2D eigenvalue weighted by Gasteiger charge is -2.38. The van der Waals surface area contributed by atoms with Gasteiger partial charge in [0.2, 0.25) is 0 Å². The highest BCUT2D eigenvalue weighted by Crippen LogP contribution is 2.38. The van der Waals surface area contributed by atoms with Gasteiger partial charge in [-0.3, -0.25) is 0 Å². The van der Waals surface area contributed by atoms with E-state index in [1.54, 1.807) is 7.11 Å². The molecule has 2 atom stereocenters. The fourth-order valence-corrected chi connectivity index (χ4v) is 3.13. The molecule has 0 aromatic carbocycles. The highest BCUT2D eigenvalue weighted by Gasteiger charge is 2.41. The molecule has 1 heterocycles. The average molecular weight is 317 g/mol. The second-order valence-electron chi connectivity index (χ2n) is 7.63. The fourth-order valence-electron chi connectivity index (χ4n) is 2.05. The Morgan fingerprint density at radius 2 is 1.95 bits per heavy atom. The Labute approximate surface area is 130 Å². The maximum atomic E-state index is 6.31. The lowest BCUT2D eigenvalue weighted by atomic mass is 10.1. The zero-order valence-corrected chi connectivity index (χ0v) is 15.9. The van der Waals surface area contributed by atoms with Crippen molar-refractivity contribution >= 4 is 8.32 Å². The van der Waals surface area contributed by atoms with Gasteiger partial charge >= 0.3 is 0 Å². The summed E-state index contributed by atoms with van der Waals surface area (Å²) in [5, 5.41) is 0.210. The third kappa shape index (κ3) is 5.18. The number of rotatable bonds is 7. The van der Waals surface area contributed by atoms with E-state index in [2.05, 4.69) is 53.8 Å². The minimum Gasteiger partial charge on any atom is -0.414 e. The van der Waals surface area contributed by atoms with Crippen LogP contribution < -0.4 is 0 Å². The average Bonchev–Trinajstić information content (AvgIpc) is 2.62. The number of methoxy groups -OCH3 is 1. The molecule has 21 heavy (non-hydrogen) atoms. The summed E-state index contributed by atoms with van der Waals surface area (Å²) < 4.78 is 22.8. The molecule has 0 saturated carbocycles. The zero-order valence-electron chi connectivity index (χ0n) is 14.9. The molecule has 4 nitrogen and oxygen atoms in total. The second-order valence-corrected chi connectivity index (χ2v) is 12.4. The Kier molecular flexibility index (Phi) is 6.21. The SMILES string of the molecule is COCOC[C@H]1O[C@@](C)(CO[Si](C)(C)C(C)(C)C)C=C1C. The largest absolute Gasteiger partial charge is 0.414 e. The lowest BCUT2D eigenvalue weighted by Crippen LogP contribution is -2.45. The molecule has 1 aliphatic heterocycles. The summed E-state index contributed by atoms with van der Waals surface area (Å²) in [5.74, 6) is 0. The van der Waals surface area contributed by atoms with Crippen LogP contribution in [0.1, 0.15) is 34.6 Å². The van der Waals surface area contributed by atoms with Crippen molar-refractivity contribution in [2.75, 3.05) is 27.1 Å². The Balaban J connectivity index is 2.57. The van der Waals surface area contributed by atoms with Gasteiger partial charge < -0.3 is 18.6 Å². The maximum absolute atomic E-state index is 6.31. The van der Waals surface area contributed by atoms with Crippen molar-refractivity contribution < 1.29 is 18.6 Å². The van der Waals surface area contributed by atoms with Crippen LogP contribution in [-0.4, -0.2) is 47.1 Å². The number of hydrogen-bond donors (Lipinski definition) is 0. The van der Waals surface area contributed by atoms with E-state index in [1.807, 2.05) is 0 Å². The summed E-state index contributed by atoms with van der Waals surface area (Å²) in [5.41, 5.74) is 0.841. The van der Waals surface area contributed by atoms with Gasteiger partial charge in [0, 0.05) is 7.11 Å². The van der Waals surface area contributed by atoms with E-state index in [-0.39, 0.29) is 16.7 Å². The minimum atomic E-state index is -1.76. The van der Waals surface area contributed by atoms with Crippen molar-refractivity contribution in [1.29, 1.82) is 0 Å². The third-order valence-electron chi connectivity index (χ3n) is 4.45. The van der Waals surface area contributed by atoms with E-state index in [1.165, 1.54) is 5.57 Å². The molecule has 0 saturated heterocycles. The van der Waals surface area contributed by atoms with Crippen molar-refractivity contribution in [3.05, 3.63) is 11.6 Å². The molecular formula is C16H32O4Si. The molecule has 0 fully saturated rings. The first-order valence-corrected chi connectivity index (χ1v) is 10.5. The van der Waals surface area contributed by atoms with Gasteiger partial charge in [0.25, 0.3) is 0 Å². The van der Waals surface area contributed by atoms with E-state index in [0.717, 1.165) is 0 Å². The lowest BCUT2D eigenvalue weighted by molar-refractivity contribution is -0.101. The molecule has 0 N–H and O–H groups in total. The molecular weight excluding hydrogens is 284 g/mol. The molecule has 0 aromatic rings. The maximum Gasteiger partial charge on any atom is 0.192 e. The zero-order chi connectivity index (χ0) is 16.3. The van der Waals surface area contributed by atoms with Crippen molar-refractivity contribution in [3.8, 4) is 0 Å². The van der Waals surface area contributed by atoms with Gasteiger partial charge in [0.1, 0.15) is 18.5 Å². The molecule has 124 valence electrons. The predicted octanol–water partition coefficient (Wildman–Crippen LogP) is 3.73. The van der Waals surface area contributed by atoms with Gasteiger partial charge in [-0.2, -0.15) is 0 Å². The van der Waals surface area contributed by atoms with Crippen molar-refractivity contribution in [3.63, 3.8) is 0 Å². The molecule has 0 amide bonds. The molecule has 0 bridgehead atoms. The summed E-state index contributed by atoms with van der Waals surface area (Å²) in [6, 6.07) is 0. The molecule has 1 rings (SSSR count). The quantitative estimate of drug-likeness (QED) is 0.310. The summed E-state index contributed by atoms with van der Waals surface area (Å²) >= 11 is 0. The molecule has 0 aliphatic carbocycles. The minimum absolute atomic E-state index is 0.00633. The normalized spacial score (nSPS) is 27.0. The molecule has 5 heteroatoms. The van der Waals surface area contributed by atoms with E-state index in [0.29, 0.717) is 20.0 Å². The number of ether oxygens (including phenoxy) is 3. The molecule has 1 aliphatic rings. The summed E-state index contributed by atoms with van der Waals surface area (Å²) in [6.07, 6.45) is 2.16. The molecule has 0 spiro atoms. The van der Waals surface area contributed by atoms with Gasteiger partial charge in [-0.1, -0.05) is 20.8 Å². The van der Waals surface area contributed by atoms with Gasteiger partial charge in [0.05, 0.1) is 13.2 Å². The smallest absolute Gasteiger partial charge is 0.192 e. The predicted molar refractivity (Wildman–Crippen MR) is 88.0 cm³/mol. The second kappa shape index (κ2) is 6.92. The first-order chi connectivity index (χ1) is 9.51. The topological polar surface area (TPSA) is 36.9 Å². The monoisotopic (exact) mass is 316 g/mol. The summed E-state index contributed by atoms with van der Waals surface area (Å²) in [4.78, 5) is 0. The summed E-state index contributed by atoms with van der Waals surface area (Å²) in [6.45, 7) is 16.9.